The minimum absolute atomic E-state index is 0.0722. The monoisotopic (exact) mass is 871 g/mol. The lowest BCUT2D eigenvalue weighted by Gasteiger charge is -2.19. The molecule has 2 aromatic carbocycles. The number of ether oxygens (including phenoxy) is 6. The lowest BCUT2D eigenvalue weighted by Crippen LogP contribution is -2.29. The molecule has 1 aliphatic heterocycles. The summed E-state index contributed by atoms with van der Waals surface area (Å²) in [4.78, 5) is 39.9. The van der Waals surface area contributed by atoms with E-state index in [1.54, 1.807) is 6.07 Å². The van der Waals surface area contributed by atoms with E-state index >= 15 is 0 Å². The predicted molar refractivity (Wildman–Crippen MR) is 241 cm³/mol. The molecule has 63 heavy (non-hydrogen) atoms. The third-order valence-corrected chi connectivity index (χ3v) is 11.5. The van der Waals surface area contributed by atoms with E-state index in [4.69, 9.17) is 32.8 Å². The molecule has 0 radical (unpaired) electrons. The summed E-state index contributed by atoms with van der Waals surface area (Å²) < 4.78 is 41.6. The number of hydrogen-bond donors (Lipinski definition) is 3. The minimum Gasteiger partial charge on any atom is -0.478 e. The van der Waals surface area contributed by atoms with E-state index in [1.807, 2.05) is 74.1 Å². The average Bonchev–Trinajstić information content (AvgIpc) is 3.92. The molecule has 15 nitrogen and oxygen atoms in total. The number of allylic oxidation sites excluding steroid dienone is 2. The molecular formula is C48H63N4O11+. The summed E-state index contributed by atoms with van der Waals surface area (Å²) in [7, 11) is 7.77. The Balaban J connectivity index is 0.823. The molecule has 2 unspecified atom stereocenters. The highest BCUT2D eigenvalue weighted by Gasteiger charge is 2.49. The van der Waals surface area contributed by atoms with Gasteiger partial charge in [-0.25, -0.2) is 14.2 Å². The number of anilines is 1. The second kappa shape index (κ2) is 23.9. The van der Waals surface area contributed by atoms with Crippen LogP contribution < -0.4 is 25.5 Å². The Labute approximate surface area is 369 Å². The molecule has 0 aromatic heterocycles. The van der Waals surface area contributed by atoms with Crippen LogP contribution in [-0.2, 0) is 28.4 Å². The van der Waals surface area contributed by atoms with Gasteiger partial charge in [0.1, 0.15) is 25.4 Å². The highest BCUT2D eigenvalue weighted by atomic mass is 16.6. The Hall–Kier alpha value is -5.32. The molecule has 1 fully saturated rings. The largest absolute Gasteiger partial charge is 0.478 e. The van der Waals surface area contributed by atoms with Gasteiger partial charge in [0.25, 0.3) is 5.91 Å². The number of rotatable bonds is 24. The van der Waals surface area contributed by atoms with E-state index < -0.39 is 5.97 Å². The molecule has 15 heteroatoms. The van der Waals surface area contributed by atoms with Gasteiger partial charge in [0.2, 0.25) is 5.36 Å². The Kier molecular flexibility index (Phi) is 17.9. The molecule has 340 valence electrons. The van der Waals surface area contributed by atoms with Crippen molar-refractivity contribution in [2.75, 3.05) is 119 Å². The highest BCUT2D eigenvalue weighted by molar-refractivity contribution is 6.09. The van der Waals surface area contributed by atoms with E-state index in [0.717, 1.165) is 34.8 Å². The number of hydrogen-bond acceptors (Lipinski definition) is 11. The molecule has 0 bridgehead atoms. The fraction of sp³-hybridized carbons (Fsp3) is 0.500. The molecule has 1 heterocycles. The van der Waals surface area contributed by atoms with Gasteiger partial charge in [-0.2, -0.15) is 0 Å². The number of benzene rings is 3. The molecule has 3 aliphatic carbocycles. The zero-order valence-corrected chi connectivity index (χ0v) is 37.0. The number of amides is 2. The molecular weight excluding hydrogens is 809 g/mol. The van der Waals surface area contributed by atoms with Crippen LogP contribution in [0.3, 0.4) is 0 Å². The number of carbonyl (C=O) groups excluding carboxylic acids is 2. The first-order valence-electron chi connectivity index (χ1n) is 21.9. The molecule has 3 N–H and O–H groups in total. The average molecular weight is 872 g/mol. The quantitative estimate of drug-likeness (QED) is 0.0349. The fourth-order valence-corrected chi connectivity index (χ4v) is 8.00. The fourth-order valence-electron chi connectivity index (χ4n) is 8.00. The molecule has 4 aliphatic rings. The van der Waals surface area contributed by atoms with Crippen LogP contribution in [0.2, 0.25) is 0 Å². The molecule has 6 rings (SSSR count). The number of alkyl carbamates (subject to hydrolysis) is 1. The van der Waals surface area contributed by atoms with Gasteiger partial charge in [0.15, 0.2) is 0 Å². The van der Waals surface area contributed by atoms with Crippen molar-refractivity contribution in [3.8, 4) is 22.5 Å². The molecule has 2 aromatic rings. The first-order valence-corrected chi connectivity index (χ1v) is 21.9. The van der Waals surface area contributed by atoms with Crippen molar-refractivity contribution in [1.82, 2.24) is 15.2 Å². The highest BCUT2D eigenvalue weighted by Crippen LogP contribution is 2.52. The van der Waals surface area contributed by atoms with Crippen molar-refractivity contribution in [3.05, 3.63) is 83.2 Å². The van der Waals surface area contributed by atoms with Crippen molar-refractivity contribution in [2.24, 2.45) is 17.8 Å². The number of carboxylic acid groups (broad SMARTS) is 1. The number of carbonyl (C=O) groups is 3. The maximum Gasteiger partial charge on any atom is 0.407 e. The van der Waals surface area contributed by atoms with Gasteiger partial charge in [-0.05, 0) is 85.4 Å². The van der Waals surface area contributed by atoms with Crippen molar-refractivity contribution in [3.63, 3.8) is 0 Å². The maximum atomic E-state index is 13.3. The number of aromatic carboxylic acids is 1. The Morgan fingerprint density at radius 3 is 1.92 bits per heavy atom. The van der Waals surface area contributed by atoms with Gasteiger partial charge in [0.05, 0.1) is 84.3 Å². The maximum absolute atomic E-state index is 13.3. The van der Waals surface area contributed by atoms with Crippen molar-refractivity contribution in [1.29, 1.82) is 0 Å². The summed E-state index contributed by atoms with van der Waals surface area (Å²) >= 11 is 0. The Bertz CT molecular complexity index is 2200. The third kappa shape index (κ3) is 13.6. The predicted octanol–water partition coefficient (Wildman–Crippen LogP) is 5.53. The van der Waals surface area contributed by atoms with Gasteiger partial charge in [-0.3, -0.25) is 4.79 Å². The lowest BCUT2D eigenvalue weighted by molar-refractivity contribution is -0.0105. The Morgan fingerprint density at radius 1 is 0.730 bits per heavy atom. The first-order chi connectivity index (χ1) is 30.6. The van der Waals surface area contributed by atoms with Crippen LogP contribution in [0.25, 0.3) is 33.4 Å². The lowest BCUT2D eigenvalue weighted by atomic mass is 9.89. The topological polar surface area (TPSA) is 170 Å². The Morgan fingerprint density at radius 2 is 1.33 bits per heavy atom. The van der Waals surface area contributed by atoms with Crippen molar-refractivity contribution in [2.45, 2.75) is 25.7 Å². The van der Waals surface area contributed by atoms with Crippen molar-refractivity contribution >= 4 is 34.6 Å². The van der Waals surface area contributed by atoms with Crippen LogP contribution in [0, 0.1) is 17.8 Å². The van der Waals surface area contributed by atoms with E-state index in [9.17, 15) is 19.5 Å². The van der Waals surface area contributed by atoms with Gasteiger partial charge >= 0.3 is 12.1 Å². The van der Waals surface area contributed by atoms with E-state index in [0.29, 0.717) is 118 Å². The summed E-state index contributed by atoms with van der Waals surface area (Å²) in [5.41, 5.74) is 3.72. The minimum atomic E-state index is -1.10. The number of fused-ring (bicyclic) bond motifs is 3. The zero-order chi connectivity index (χ0) is 44.6. The second-order valence-corrected chi connectivity index (χ2v) is 16.2. The van der Waals surface area contributed by atoms with E-state index in [2.05, 4.69) is 22.8 Å². The van der Waals surface area contributed by atoms with Gasteiger partial charge < -0.3 is 53.5 Å². The summed E-state index contributed by atoms with van der Waals surface area (Å²) in [6, 6.07) is 16.2. The van der Waals surface area contributed by atoms with Crippen LogP contribution in [0.4, 0.5) is 10.5 Å². The third-order valence-electron chi connectivity index (χ3n) is 11.5. The van der Waals surface area contributed by atoms with E-state index in [1.165, 1.54) is 25.0 Å². The van der Waals surface area contributed by atoms with Gasteiger partial charge in [0, 0.05) is 67.1 Å². The van der Waals surface area contributed by atoms with Crippen LogP contribution in [-0.4, -0.2) is 137 Å². The van der Waals surface area contributed by atoms with Crippen molar-refractivity contribution < 1.29 is 52.3 Å². The SMILES string of the molecule is CN(C)c1ccc2c(-c3cc(C(=O)NCCOCCOCCOCCOCCOCCNC(=O)OCC4C5CC/C=C\CC[C@H]54)ccc3C(=O)O)c3ccc(=[N+](C)C)cc-3oc2c1. The number of nitrogens with one attached hydrogen (secondary N) is 2. The molecule has 0 spiro atoms. The number of carboxylic acids is 1. The molecule has 2 amide bonds. The standard InChI is InChI=1S/C48H62N4O11/c1-51(2)34-12-15-39-43(30-34)63-44-31-35(52(3)4)13-16-40(44)45(39)41-29-33(11-14-38(41)47(54)55)46(53)49-17-19-57-21-23-59-25-27-61-28-26-60-24-22-58-20-18-50-48(56)62-32-42-36-9-7-5-6-8-10-37(36)42/h5-6,11-16,29-31,36-37,42H,7-10,17-28,32H2,1-4H3,(H2-,49,50,53,54,55,56)/p+1/b6-5-/t36-,37?,42?/m1/s1. The van der Waals surface area contributed by atoms with Crippen LogP contribution in [0.15, 0.2) is 71.2 Å². The van der Waals surface area contributed by atoms with Crippen LogP contribution >= 0.6 is 0 Å². The normalized spacial score (nSPS) is 17.4. The summed E-state index contributed by atoms with van der Waals surface area (Å²) in [5.74, 6) is 1.06. The van der Waals surface area contributed by atoms with Crippen LogP contribution in [0.5, 0.6) is 0 Å². The first kappa shape index (κ1) is 47.2. The molecule has 3 atom stereocenters. The summed E-state index contributed by atoms with van der Waals surface area (Å²) in [6.07, 6.45) is 8.80. The van der Waals surface area contributed by atoms with E-state index in [-0.39, 0.29) is 30.7 Å². The summed E-state index contributed by atoms with van der Waals surface area (Å²) in [6.45, 7) is 5.03. The number of nitrogens with zero attached hydrogens (tertiary/aromatic N) is 2. The van der Waals surface area contributed by atoms with Gasteiger partial charge in [-0.15, -0.1) is 0 Å². The zero-order valence-electron chi connectivity index (χ0n) is 37.0. The summed E-state index contributed by atoms with van der Waals surface area (Å²) in [5, 5.41) is 17.5. The van der Waals surface area contributed by atoms with Gasteiger partial charge in [-0.1, -0.05) is 12.2 Å². The van der Waals surface area contributed by atoms with Crippen LogP contribution in [0.1, 0.15) is 46.4 Å². The second-order valence-electron chi connectivity index (χ2n) is 16.2. The smallest absolute Gasteiger partial charge is 0.407 e. The molecule has 1 saturated carbocycles. The molecule has 0 saturated heterocycles.